The zero-order valence-electron chi connectivity index (χ0n) is 30.7. The summed E-state index contributed by atoms with van der Waals surface area (Å²) in [7, 11) is 0. The normalized spacial score (nSPS) is 10.6. The first-order valence-corrected chi connectivity index (χ1v) is 18.2. The Morgan fingerprint density at radius 3 is 0.957 bits per heavy atom. The molecule has 2 nitrogen and oxygen atoms in total. The van der Waals surface area contributed by atoms with Gasteiger partial charge in [-0.05, 0) is 0 Å². The average Bonchev–Trinajstić information content (AvgIpc) is 3.62. The van der Waals surface area contributed by atoms with Crippen molar-refractivity contribution in [1.29, 1.82) is 0 Å². The molecule has 0 aliphatic carbocycles. The summed E-state index contributed by atoms with van der Waals surface area (Å²) in [4.78, 5) is 0. The third-order valence-electron chi connectivity index (χ3n) is 8.47. The third kappa shape index (κ3) is 11.8. The molecule has 0 aliphatic heterocycles. The molecule has 0 unspecified atom stereocenters. The first-order valence-electron chi connectivity index (χ1n) is 16.6. The number of hydrogen-bond donors (Lipinski definition) is 0. The molecule has 0 bridgehead atoms. The second-order valence-electron chi connectivity index (χ2n) is 13.8. The van der Waals surface area contributed by atoms with E-state index in [1.165, 1.54) is 59.0 Å². The summed E-state index contributed by atoms with van der Waals surface area (Å²) in [5.74, 6) is 3.00. The molecule has 4 aromatic carbocycles. The maximum atomic E-state index is 7.50. The maximum Gasteiger partial charge on any atom is 0 e. The quantitative estimate of drug-likeness (QED) is 0.0972. The Hall–Kier alpha value is -2.12. The minimum Gasteiger partial charge on any atom is -0.214 e. The van der Waals surface area contributed by atoms with Gasteiger partial charge in [0, 0.05) is 17.1 Å². The fraction of sp³-hybridized carbons (Fsp3) is 0.419. The molecule has 0 atom stereocenters. The Kier molecular flexibility index (Phi) is 20.8. The summed E-state index contributed by atoms with van der Waals surface area (Å²) in [6.07, 6.45) is 0. The summed E-state index contributed by atoms with van der Waals surface area (Å²) in [5, 5.41) is 0. The van der Waals surface area contributed by atoms with Crippen LogP contribution in [0.3, 0.4) is 0 Å². The van der Waals surface area contributed by atoms with E-state index in [4.69, 9.17) is 9.30 Å². The molecule has 0 aliphatic rings. The second kappa shape index (κ2) is 21.8. The molecule has 0 N–H and O–H groups in total. The van der Waals surface area contributed by atoms with E-state index in [-0.39, 0.29) is 17.1 Å². The van der Waals surface area contributed by atoms with Crippen molar-refractivity contribution in [3.05, 3.63) is 119 Å². The molecule has 0 spiro atoms. The maximum absolute atomic E-state index is 7.50. The molecule has 0 fully saturated rings. The van der Waals surface area contributed by atoms with Gasteiger partial charge in [-0.15, -0.1) is 0 Å². The zero-order chi connectivity index (χ0) is 35.3. The van der Waals surface area contributed by atoms with Gasteiger partial charge in [-0.3, -0.25) is 0 Å². The molecule has 0 saturated heterocycles. The van der Waals surface area contributed by atoms with Gasteiger partial charge in [0.1, 0.15) is 0 Å². The standard InChI is InChI=1S/C36H49.C5H5.2CO.In.Mn/c1-21(2)29-17-31(23(5)6)35(32(18-29)24(7)8)27-14-13-15-28(16-27)36-33(25(9)10)19-30(22(3)4)20-34(36)26(11)12;1-2-4-5-3-1;2*1-2;;/h13-15,17-26H,1-12H3;1-5H;;;;/q;-1;;;;. The molecule has 4 aromatic rings. The smallest absolute Gasteiger partial charge is 0 e. The molecule has 4 heteroatoms. The monoisotopic (exact) mass is 772 g/mol. The number of hydrogen-bond acceptors (Lipinski definition) is 0. The molecule has 0 saturated carbocycles. The van der Waals surface area contributed by atoms with Gasteiger partial charge in [-0.2, -0.15) is 18.2 Å². The van der Waals surface area contributed by atoms with E-state index in [0.29, 0.717) is 35.5 Å². The molecule has 249 valence electrons. The van der Waals surface area contributed by atoms with Gasteiger partial charge < -0.3 is 0 Å². The van der Waals surface area contributed by atoms with E-state index in [0.717, 1.165) is 24.4 Å². The predicted octanol–water partition coefficient (Wildman–Crippen LogP) is 11.9. The van der Waals surface area contributed by atoms with Crippen molar-refractivity contribution in [3.63, 3.8) is 0 Å². The molecular weight excluding hydrogens is 718 g/mol. The van der Waals surface area contributed by atoms with Crippen LogP contribution in [0.4, 0.5) is 0 Å². The van der Waals surface area contributed by atoms with Crippen LogP contribution in [-0.2, 0) is 26.4 Å². The van der Waals surface area contributed by atoms with Gasteiger partial charge in [0.15, 0.2) is 0 Å². The third-order valence-corrected chi connectivity index (χ3v) is 10.2. The SMILES string of the molecule is CC(C)c1cc(C(C)C)c(-c2cccc(-c3c(C(C)C)cc(C(C)C)cc3C(C)C)[c]2[In])c(C(C)C)c1.[C-]#[O+].[C-]#[O+].[Mn].c1cc[cH-]c1. The van der Waals surface area contributed by atoms with Crippen LogP contribution in [-0.4, -0.2) is 24.4 Å². The Balaban J connectivity index is 0.00000187. The molecule has 0 heterocycles. The van der Waals surface area contributed by atoms with Gasteiger partial charge in [0.05, 0.1) is 0 Å². The van der Waals surface area contributed by atoms with E-state index in [2.05, 4.69) is 139 Å². The van der Waals surface area contributed by atoms with Crippen molar-refractivity contribution in [3.8, 4) is 22.3 Å². The predicted molar refractivity (Wildman–Crippen MR) is 197 cm³/mol. The molecule has 0 amide bonds. The van der Waals surface area contributed by atoms with E-state index < -0.39 is 0 Å². The Morgan fingerprint density at radius 1 is 0.489 bits per heavy atom. The number of rotatable bonds is 8. The largest absolute Gasteiger partial charge is 0.214 e. The van der Waals surface area contributed by atoms with Crippen LogP contribution in [0, 0.1) is 13.3 Å². The van der Waals surface area contributed by atoms with Crippen molar-refractivity contribution >= 4 is 27.7 Å². The molecule has 47 heavy (non-hydrogen) atoms. The van der Waals surface area contributed by atoms with Crippen molar-refractivity contribution in [2.45, 2.75) is 119 Å². The van der Waals surface area contributed by atoms with Gasteiger partial charge in [-0.1, -0.05) is 0 Å². The first-order chi connectivity index (χ1) is 21.8. The van der Waals surface area contributed by atoms with Gasteiger partial charge in [0.2, 0.25) is 0 Å². The molecular formula is C43H54InMnO2-. The minimum absolute atomic E-state index is 0. The van der Waals surface area contributed by atoms with Crippen LogP contribution in [0.25, 0.3) is 22.3 Å². The number of benzene rings is 3. The average molecular weight is 773 g/mol. The van der Waals surface area contributed by atoms with Crippen LogP contribution >= 0.6 is 0 Å². The van der Waals surface area contributed by atoms with Crippen molar-refractivity contribution in [1.82, 2.24) is 0 Å². The second-order valence-corrected chi connectivity index (χ2v) is 15.5. The van der Waals surface area contributed by atoms with Crippen LogP contribution in [0.2, 0.25) is 0 Å². The summed E-state index contributed by atoms with van der Waals surface area (Å²) in [5.41, 5.74) is 14.9. The summed E-state index contributed by atoms with van der Waals surface area (Å²) >= 11 is 1.10. The van der Waals surface area contributed by atoms with E-state index in [9.17, 15) is 0 Å². The Bertz CT molecular complexity index is 1360. The summed E-state index contributed by atoms with van der Waals surface area (Å²) < 4.78 is 16.5. The van der Waals surface area contributed by atoms with E-state index in [1.54, 1.807) is 0 Å². The Labute approximate surface area is 312 Å². The van der Waals surface area contributed by atoms with Gasteiger partial charge >= 0.3 is 267 Å². The van der Waals surface area contributed by atoms with Crippen LogP contribution in [0.15, 0.2) is 72.8 Å². The summed E-state index contributed by atoms with van der Waals surface area (Å²) in [6.45, 7) is 37.2. The van der Waals surface area contributed by atoms with Crippen LogP contribution in [0.5, 0.6) is 0 Å². The van der Waals surface area contributed by atoms with Crippen molar-refractivity contribution in [2.24, 2.45) is 0 Å². The van der Waals surface area contributed by atoms with Gasteiger partial charge in [0.25, 0.3) is 0 Å². The fourth-order valence-corrected chi connectivity index (χ4v) is 7.23. The Morgan fingerprint density at radius 2 is 0.766 bits per heavy atom. The molecule has 0 aromatic heterocycles. The van der Waals surface area contributed by atoms with Crippen molar-refractivity contribution < 1.29 is 26.4 Å². The minimum atomic E-state index is 0. The van der Waals surface area contributed by atoms with Crippen LogP contribution in [0.1, 0.15) is 152 Å². The molecule has 3 radical (unpaired) electrons. The first kappa shape index (κ1) is 44.9. The topological polar surface area (TPSA) is 39.8 Å². The summed E-state index contributed by atoms with van der Waals surface area (Å²) in [6, 6.07) is 27.1. The van der Waals surface area contributed by atoms with Gasteiger partial charge in [-0.25, -0.2) is 12.1 Å². The van der Waals surface area contributed by atoms with E-state index >= 15 is 0 Å². The van der Waals surface area contributed by atoms with E-state index in [1.807, 2.05) is 30.3 Å². The van der Waals surface area contributed by atoms with Crippen molar-refractivity contribution in [2.75, 3.05) is 0 Å². The fourth-order valence-electron chi connectivity index (χ4n) is 5.86. The van der Waals surface area contributed by atoms with Crippen LogP contribution < -0.4 is 3.32 Å². The molecule has 4 rings (SSSR count). The zero-order valence-corrected chi connectivity index (χ0v) is 35.1.